The molecule has 0 amide bonds. The van der Waals surface area contributed by atoms with Crippen molar-refractivity contribution in [2.45, 2.75) is 33.6 Å². The van der Waals surface area contributed by atoms with Crippen LogP contribution in [0.5, 0.6) is 0 Å². The van der Waals surface area contributed by atoms with E-state index in [9.17, 15) is 0 Å². The van der Waals surface area contributed by atoms with Crippen molar-refractivity contribution in [1.82, 2.24) is 19.9 Å². The molecule has 0 saturated heterocycles. The molecule has 0 spiro atoms. The van der Waals surface area contributed by atoms with Crippen LogP contribution in [0.2, 0.25) is 0 Å². The largest absolute Gasteiger partial charge is 0.357 e. The first-order chi connectivity index (χ1) is 11.7. The Labute approximate surface area is 145 Å². The van der Waals surface area contributed by atoms with Crippen LogP contribution >= 0.6 is 0 Å². The Hall–Kier alpha value is -2.56. The second kappa shape index (κ2) is 11.0. The number of aryl methyl sites for hydroxylation is 1. The predicted octanol–water partition coefficient (Wildman–Crippen LogP) is 4.23. The van der Waals surface area contributed by atoms with Crippen molar-refractivity contribution < 1.29 is 0 Å². The van der Waals surface area contributed by atoms with Crippen molar-refractivity contribution in [3.63, 3.8) is 0 Å². The minimum atomic E-state index is 0.703. The highest BCUT2D eigenvalue weighted by Gasteiger charge is 2.09. The molecule has 0 unspecified atom stereocenters. The summed E-state index contributed by atoms with van der Waals surface area (Å²) in [5, 5.41) is 0. The van der Waals surface area contributed by atoms with E-state index in [-0.39, 0.29) is 0 Å². The Balaban J connectivity index is 0.000000648. The second-order valence-corrected chi connectivity index (χ2v) is 5.22. The van der Waals surface area contributed by atoms with Crippen molar-refractivity contribution in [1.29, 1.82) is 0 Å². The third-order valence-corrected chi connectivity index (χ3v) is 3.17. The fourth-order valence-electron chi connectivity index (χ4n) is 2.13. The van der Waals surface area contributed by atoms with Crippen LogP contribution in [0.3, 0.4) is 0 Å². The highest BCUT2D eigenvalue weighted by atomic mass is 15.2. The summed E-state index contributed by atoms with van der Waals surface area (Å²) < 4.78 is 0. The van der Waals surface area contributed by atoms with Gasteiger partial charge in [0.2, 0.25) is 0 Å². The summed E-state index contributed by atoms with van der Waals surface area (Å²) >= 11 is 0. The van der Waals surface area contributed by atoms with Gasteiger partial charge >= 0.3 is 0 Å². The van der Waals surface area contributed by atoms with Crippen LogP contribution in [-0.4, -0.2) is 33.0 Å². The molecule has 0 saturated carbocycles. The van der Waals surface area contributed by atoms with E-state index >= 15 is 0 Å². The van der Waals surface area contributed by atoms with E-state index in [2.05, 4.69) is 57.9 Å². The maximum absolute atomic E-state index is 4.48. The normalized spacial score (nSPS) is 9.62. The van der Waals surface area contributed by atoms with Crippen molar-refractivity contribution in [2.24, 2.45) is 0 Å². The molecular weight excluding hydrogens is 298 g/mol. The summed E-state index contributed by atoms with van der Waals surface area (Å²) in [7, 11) is 0. The van der Waals surface area contributed by atoms with Crippen LogP contribution in [-0.2, 0) is 0 Å². The van der Waals surface area contributed by atoms with Crippen LogP contribution in [0.1, 0.15) is 32.5 Å². The van der Waals surface area contributed by atoms with Gasteiger partial charge in [0.05, 0.1) is 0 Å². The smallest absolute Gasteiger partial charge is 0.163 e. The number of nitrogens with zero attached hydrogens (tertiary/aromatic N) is 5. The minimum Gasteiger partial charge on any atom is -0.357 e. The lowest BCUT2D eigenvalue weighted by Crippen LogP contribution is -2.25. The van der Waals surface area contributed by atoms with Crippen LogP contribution in [0.4, 0.5) is 5.82 Å². The van der Waals surface area contributed by atoms with Gasteiger partial charge in [-0.25, -0.2) is 19.9 Å². The predicted molar refractivity (Wildman–Crippen MR) is 101 cm³/mol. The highest BCUT2D eigenvalue weighted by molar-refractivity contribution is 5.59. The van der Waals surface area contributed by atoms with E-state index in [4.69, 9.17) is 0 Å². The molecule has 0 N–H and O–H groups in total. The van der Waals surface area contributed by atoms with Gasteiger partial charge < -0.3 is 4.90 Å². The maximum Gasteiger partial charge on any atom is 0.163 e. The number of aromatic nitrogens is 4. The van der Waals surface area contributed by atoms with E-state index in [1.54, 1.807) is 18.5 Å². The molecule has 2 aromatic heterocycles. The lowest BCUT2D eigenvalue weighted by atomic mass is 10.2. The highest BCUT2D eigenvalue weighted by Crippen LogP contribution is 2.20. The van der Waals surface area contributed by atoms with Gasteiger partial charge in [-0.2, -0.15) is 0 Å². The molecule has 0 aliphatic heterocycles. The van der Waals surface area contributed by atoms with Crippen LogP contribution in [0.25, 0.3) is 11.4 Å². The summed E-state index contributed by atoms with van der Waals surface area (Å²) in [4.78, 5) is 19.4. The van der Waals surface area contributed by atoms with Gasteiger partial charge in [-0.3, -0.25) is 0 Å². The lowest BCUT2D eigenvalue weighted by molar-refractivity contribution is 0.734. The molecule has 0 aliphatic carbocycles. The van der Waals surface area contributed by atoms with Gasteiger partial charge in [-0.15, -0.1) is 0 Å². The summed E-state index contributed by atoms with van der Waals surface area (Å²) in [5.41, 5.74) is 0.984. The van der Waals surface area contributed by atoms with Gasteiger partial charge in [-0.05, 0) is 31.9 Å². The Morgan fingerprint density at radius 2 is 1.71 bits per heavy atom. The van der Waals surface area contributed by atoms with E-state index < -0.39 is 0 Å². The average molecular weight is 325 g/mol. The minimum absolute atomic E-state index is 0.703. The van der Waals surface area contributed by atoms with Crippen LogP contribution in [0.15, 0.2) is 50.0 Å². The zero-order chi connectivity index (χ0) is 17.8. The molecule has 0 aromatic carbocycles. The van der Waals surface area contributed by atoms with Gasteiger partial charge in [0.1, 0.15) is 18.0 Å². The molecule has 5 nitrogen and oxygen atoms in total. The molecular formula is C19H27N5. The molecule has 2 heterocycles. The first-order valence-corrected chi connectivity index (χ1v) is 8.26. The number of hydrogen-bond acceptors (Lipinski definition) is 5. The molecule has 2 rings (SSSR count). The molecule has 2 aromatic rings. The third kappa shape index (κ3) is 6.28. The summed E-state index contributed by atoms with van der Waals surface area (Å²) in [6.07, 6.45) is 8.86. The monoisotopic (exact) mass is 325 g/mol. The third-order valence-electron chi connectivity index (χ3n) is 3.17. The van der Waals surface area contributed by atoms with Gasteiger partial charge in [0.15, 0.2) is 5.82 Å². The maximum atomic E-state index is 4.48. The number of rotatable bonds is 7. The number of pyridine rings is 1. The summed E-state index contributed by atoms with van der Waals surface area (Å²) in [5.74, 6) is 2.42. The Morgan fingerprint density at radius 3 is 2.25 bits per heavy atom. The van der Waals surface area contributed by atoms with E-state index in [1.807, 2.05) is 19.2 Å². The van der Waals surface area contributed by atoms with Crippen molar-refractivity contribution >= 4 is 5.82 Å². The zero-order valence-corrected chi connectivity index (χ0v) is 14.9. The number of hydrogen-bond donors (Lipinski definition) is 0. The first kappa shape index (κ1) is 19.5. The molecule has 0 bridgehead atoms. The quantitative estimate of drug-likeness (QED) is 0.713. The second-order valence-electron chi connectivity index (χ2n) is 5.22. The van der Waals surface area contributed by atoms with E-state index in [0.29, 0.717) is 5.82 Å². The fourth-order valence-corrected chi connectivity index (χ4v) is 2.13. The molecule has 0 aliphatic rings. The Bertz CT molecular complexity index is 627. The Kier molecular flexibility index (Phi) is 8.97. The first-order valence-electron chi connectivity index (χ1n) is 8.26. The Morgan fingerprint density at radius 1 is 1.04 bits per heavy atom. The van der Waals surface area contributed by atoms with Crippen LogP contribution in [0, 0.1) is 6.92 Å². The summed E-state index contributed by atoms with van der Waals surface area (Å²) in [6.45, 7) is 15.0. The van der Waals surface area contributed by atoms with Crippen molar-refractivity contribution in [3.05, 3.63) is 55.8 Å². The van der Waals surface area contributed by atoms with E-state index in [1.165, 1.54) is 0 Å². The molecule has 0 radical (unpaired) electrons. The number of anilines is 1. The molecule has 24 heavy (non-hydrogen) atoms. The van der Waals surface area contributed by atoms with Gasteiger partial charge in [0, 0.05) is 24.8 Å². The van der Waals surface area contributed by atoms with Crippen LogP contribution < -0.4 is 4.90 Å². The van der Waals surface area contributed by atoms with Gasteiger partial charge in [0.25, 0.3) is 0 Å². The lowest BCUT2D eigenvalue weighted by Gasteiger charge is -2.22. The fraction of sp³-hybridized carbons (Fsp3) is 0.368. The van der Waals surface area contributed by atoms with E-state index in [0.717, 1.165) is 43.1 Å². The standard InChI is InChI=1S/C15H21N5.C4H6/c1-4-8-20(9-5-2)14-10-13(6-7-16-14)15-18-11-17-12(3)19-15;1-3-4-2/h6-7,10-11H,4-5,8-9H2,1-3H3;3-4H,1-2H2. The molecule has 5 heteroatoms. The van der Waals surface area contributed by atoms with Crippen molar-refractivity contribution in [2.75, 3.05) is 18.0 Å². The SMILES string of the molecule is C=CC=C.CCCN(CCC)c1cc(-c2ncnc(C)n2)ccn1. The zero-order valence-electron chi connectivity index (χ0n) is 14.9. The number of allylic oxidation sites excluding steroid dienone is 2. The topological polar surface area (TPSA) is 54.8 Å². The molecule has 0 fully saturated rings. The van der Waals surface area contributed by atoms with Crippen molar-refractivity contribution in [3.8, 4) is 11.4 Å². The molecule has 0 atom stereocenters. The van der Waals surface area contributed by atoms with Gasteiger partial charge in [-0.1, -0.05) is 39.2 Å². The summed E-state index contributed by atoms with van der Waals surface area (Å²) in [6, 6.07) is 3.99. The average Bonchev–Trinajstić information content (AvgIpc) is 2.62. The molecule has 128 valence electrons.